The van der Waals surface area contributed by atoms with Gasteiger partial charge < -0.3 is 4.74 Å². The number of nitrogens with zero attached hydrogens (tertiary/aromatic N) is 1. The number of halogens is 2. The van der Waals surface area contributed by atoms with Gasteiger partial charge in [-0.1, -0.05) is 54.4 Å². The van der Waals surface area contributed by atoms with Crippen molar-refractivity contribution in [2.24, 2.45) is 5.92 Å². The van der Waals surface area contributed by atoms with Gasteiger partial charge in [0.25, 0.3) is 0 Å². The lowest BCUT2D eigenvalue weighted by atomic mass is 9.98. The number of rotatable bonds is 7. The number of ketones is 1. The summed E-state index contributed by atoms with van der Waals surface area (Å²) in [5.41, 5.74) is 1.61. The van der Waals surface area contributed by atoms with E-state index in [2.05, 4.69) is 0 Å². The average molecular weight is 484 g/mol. The SMILES string of the molecule is CCc1ccc(C(=O)COC(=O)C2CCN(S(=O)(=O)c3cc(Cl)ccc3Cl)CC2)cc1. The molecule has 0 unspecified atom stereocenters. The first-order chi connectivity index (χ1) is 14.7. The fourth-order valence-electron chi connectivity index (χ4n) is 3.41. The third-order valence-electron chi connectivity index (χ3n) is 5.33. The van der Waals surface area contributed by atoms with Gasteiger partial charge in [-0.05, 0) is 43.0 Å². The largest absolute Gasteiger partial charge is 0.457 e. The number of hydrogen-bond donors (Lipinski definition) is 0. The number of hydrogen-bond acceptors (Lipinski definition) is 5. The van der Waals surface area contributed by atoms with Gasteiger partial charge in [0.05, 0.1) is 10.9 Å². The minimum Gasteiger partial charge on any atom is -0.457 e. The van der Waals surface area contributed by atoms with Crippen LogP contribution in [0.2, 0.25) is 10.0 Å². The quantitative estimate of drug-likeness (QED) is 0.431. The second-order valence-corrected chi connectivity index (χ2v) is 10.1. The van der Waals surface area contributed by atoms with Gasteiger partial charge in [-0.2, -0.15) is 4.31 Å². The molecule has 0 radical (unpaired) electrons. The summed E-state index contributed by atoms with van der Waals surface area (Å²) in [6, 6.07) is 11.5. The molecule has 0 N–H and O–H groups in total. The second kappa shape index (κ2) is 10.1. The Morgan fingerprint density at radius 1 is 1.06 bits per heavy atom. The molecule has 0 saturated carbocycles. The second-order valence-electron chi connectivity index (χ2n) is 7.33. The highest BCUT2D eigenvalue weighted by atomic mass is 35.5. The van der Waals surface area contributed by atoms with E-state index in [-0.39, 0.29) is 40.4 Å². The van der Waals surface area contributed by atoms with E-state index in [1.807, 2.05) is 19.1 Å². The molecule has 1 saturated heterocycles. The number of benzene rings is 2. The molecule has 0 atom stereocenters. The third-order valence-corrected chi connectivity index (χ3v) is 7.94. The summed E-state index contributed by atoms with van der Waals surface area (Å²) in [6.07, 6.45) is 1.48. The average Bonchev–Trinajstić information content (AvgIpc) is 2.78. The predicted molar refractivity (Wildman–Crippen MR) is 119 cm³/mol. The van der Waals surface area contributed by atoms with Crippen molar-refractivity contribution >= 4 is 45.0 Å². The van der Waals surface area contributed by atoms with Crippen LogP contribution >= 0.6 is 23.2 Å². The Labute approximate surface area is 192 Å². The Bertz CT molecular complexity index is 1060. The summed E-state index contributed by atoms with van der Waals surface area (Å²) in [7, 11) is -3.82. The number of carbonyl (C=O) groups excluding carboxylic acids is 2. The number of ether oxygens (including phenoxy) is 1. The van der Waals surface area contributed by atoms with Gasteiger partial charge in [0.15, 0.2) is 12.4 Å². The van der Waals surface area contributed by atoms with Crippen molar-refractivity contribution < 1.29 is 22.7 Å². The van der Waals surface area contributed by atoms with Crippen molar-refractivity contribution in [2.45, 2.75) is 31.1 Å². The van der Waals surface area contributed by atoms with Crippen molar-refractivity contribution in [3.05, 3.63) is 63.6 Å². The zero-order valence-corrected chi connectivity index (χ0v) is 19.3. The van der Waals surface area contributed by atoms with Gasteiger partial charge in [-0.25, -0.2) is 8.42 Å². The predicted octanol–water partition coefficient (Wildman–Crippen LogP) is 4.38. The van der Waals surface area contributed by atoms with Crippen LogP contribution in [0.5, 0.6) is 0 Å². The van der Waals surface area contributed by atoms with E-state index < -0.39 is 21.9 Å². The van der Waals surface area contributed by atoms with E-state index >= 15 is 0 Å². The number of carbonyl (C=O) groups is 2. The molecule has 1 aliphatic rings. The third kappa shape index (κ3) is 5.66. The van der Waals surface area contributed by atoms with Gasteiger partial charge in [-0.3, -0.25) is 9.59 Å². The maximum atomic E-state index is 12.9. The molecule has 6 nitrogen and oxygen atoms in total. The van der Waals surface area contributed by atoms with E-state index in [0.29, 0.717) is 18.4 Å². The van der Waals surface area contributed by atoms with Crippen LogP contribution in [0.25, 0.3) is 0 Å². The lowest BCUT2D eigenvalue weighted by Crippen LogP contribution is -2.40. The fraction of sp³-hybridized carbons (Fsp3) is 0.364. The molecule has 31 heavy (non-hydrogen) atoms. The molecule has 1 heterocycles. The van der Waals surface area contributed by atoms with Crippen molar-refractivity contribution in [1.29, 1.82) is 0 Å². The van der Waals surface area contributed by atoms with Crippen molar-refractivity contribution in [1.82, 2.24) is 4.31 Å². The smallest absolute Gasteiger partial charge is 0.309 e. The van der Waals surface area contributed by atoms with Crippen molar-refractivity contribution in [2.75, 3.05) is 19.7 Å². The molecule has 2 aromatic rings. The number of piperidine rings is 1. The van der Waals surface area contributed by atoms with Crippen LogP contribution in [0.1, 0.15) is 35.7 Å². The molecule has 0 aromatic heterocycles. The lowest BCUT2D eigenvalue weighted by Gasteiger charge is -2.30. The molecule has 1 aliphatic heterocycles. The van der Waals surface area contributed by atoms with Crippen LogP contribution in [0.15, 0.2) is 47.4 Å². The number of Topliss-reactive ketones (excluding diaryl/α,β-unsaturated/α-hetero) is 1. The van der Waals surface area contributed by atoms with Crippen LogP contribution in [-0.2, 0) is 26.0 Å². The first-order valence-corrected chi connectivity index (χ1v) is 12.2. The van der Waals surface area contributed by atoms with Gasteiger partial charge in [0, 0.05) is 23.7 Å². The van der Waals surface area contributed by atoms with Gasteiger partial charge >= 0.3 is 5.97 Å². The summed E-state index contributed by atoms with van der Waals surface area (Å²) in [6.45, 7) is 1.99. The van der Waals surface area contributed by atoms with Crippen molar-refractivity contribution in [3.63, 3.8) is 0 Å². The Morgan fingerprint density at radius 3 is 2.32 bits per heavy atom. The molecule has 9 heteroatoms. The van der Waals surface area contributed by atoms with Crippen molar-refractivity contribution in [3.8, 4) is 0 Å². The summed E-state index contributed by atoms with van der Waals surface area (Å²) in [4.78, 5) is 24.6. The first-order valence-electron chi connectivity index (χ1n) is 9.96. The van der Waals surface area contributed by atoms with Gasteiger partial charge in [0.2, 0.25) is 10.0 Å². The van der Waals surface area contributed by atoms with E-state index in [1.54, 1.807) is 12.1 Å². The van der Waals surface area contributed by atoms with Crippen LogP contribution in [-0.4, -0.2) is 44.2 Å². The van der Waals surface area contributed by atoms with E-state index in [0.717, 1.165) is 12.0 Å². The monoisotopic (exact) mass is 483 g/mol. The lowest BCUT2D eigenvalue weighted by molar-refractivity contribution is -0.148. The van der Waals surface area contributed by atoms with E-state index in [9.17, 15) is 18.0 Å². The Morgan fingerprint density at radius 2 is 1.71 bits per heavy atom. The fourth-order valence-corrected chi connectivity index (χ4v) is 5.62. The summed E-state index contributed by atoms with van der Waals surface area (Å²) in [5, 5.41) is 0.367. The van der Waals surface area contributed by atoms with E-state index in [1.165, 1.54) is 22.5 Å². The Kier molecular flexibility index (Phi) is 7.75. The number of sulfonamides is 1. The summed E-state index contributed by atoms with van der Waals surface area (Å²) < 4.78 is 32.2. The molecule has 0 amide bonds. The first kappa shape index (κ1) is 23.7. The molecule has 3 rings (SSSR count). The molecule has 2 aromatic carbocycles. The summed E-state index contributed by atoms with van der Waals surface area (Å²) >= 11 is 12.0. The molecule has 0 aliphatic carbocycles. The number of aryl methyl sites for hydroxylation is 1. The highest BCUT2D eigenvalue weighted by molar-refractivity contribution is 7.89. The standard InChI is InChI=1S/C22H23Cl2NO5S/c1-2-15-3-5-16(6-4-15)20(26)14-30-22(27)17-9-11-25(12-10-17)31(28,29)21-13-18(23)7-8-19(21)24/h3-8,13,17H,2,9-12,14H2,1H3. The molecule has 1 fully saturated rings. The molecule has 0 spiro atoms. The Balaban J connectivity index is 1.54. The molecular weight excluding hydrogens is 461 g/mol. The van der Waals surface area contributed by atoms with Gasteiger partial charge in [0.1, 0.15) is 4.90 Å². The normalized spacial score (nSPS) is 15.6. The zero-order chi connectivity index (χ0) is 22.6. The van der Waals surface area contributed by atoms with Crippen LogP contribution in [0, 0.1) is 5.92 Å². The molecule has 0 bridgehead atoms. The van der Waals surface area contributed by atoms with E-state index in [4.69, 9.17) is 27.9 Å². The molecule has 166 valence electrons. The minimum absolute atomic E-state index is 0.0534. The maximum Gasteiger partial charge on any atom is 0.309 e. The minimum atomic E-state index is -3.82. The maximum absolute atomic E-state index is 12.9. The van der Waals surface area contributed by atoms with Gasteiger partial charge in [-0.15, -0.1) is 0 Å². The van der Waals surface area contributed by atoms with Crippen LogP contribution in [0.4, 0.5) is 0 Å². The highest BCUT2D eigenvalue weighted by Gasteiger charge is 2.34. The molecular formula is C22H23Cl2NO5S. The highest BCUT2D eigenvalue weighted by Crippen LogP contribution is 2.30. The number of esters is 1. The van der Waals surface area contributed by atoms with Crippen LogP contribution < -0.4 is 0 Å². The Hall–Kier alpha value is -1.93. The topological polar surface area (TPSA) is 80.8 Å². The van der Waals surface area contributed by atoms with Crippen LogP contribution in [0.3, 0.4) is 0 Å². The summed E-state index contributed by atoms with van der Waals surface area (Å²) in [5.74, 6) is -1.22. The zero-order valence-electron chi connectivity index (χ0n) is 17.0.